The van der Waals surface area contributed by atoms with Gasteiger partial charge in [0.15, 0.2) is 0 Å². The molecule has 0 radical (unpaired) electrons. The maximum absolute atomic E-state index is 13.8. The van der Waals surface area contributed by atoms with Gasteiger partial charge < -0.3 is 34.6 Å². The number of ether oxygens (including phenoxy) is 3. The monoisotopic (exact) mass is 579 g/mol. The topological polar surface area (TPSA) is 122 Å². The van der Waals surface area contributed by atoms with Crippen LogP contribution in [0.5, 0.6) is 5.75 Å². The summed E-state index contributed by atoms with van der Waals surface area (Å²) in [5.74, 6) is 0.0846. The molecule has 3 amide bonds. The van der Waals surface area contributed by atoms with Crippen LogP contribution in [0.15, 0.2) is 42.7 Å². The van der Waals surface area contributed by atoms with E-state index in [1.54, 1.807) is 17.2 Å². The summed E-state index contributed by atoms with van der Waals surface area (Å²) in [7, 11) is 0. The molecule has 5 rings (SSSR count). The van der Waals surface area contributed by atoms with Crippen LogP contribution < -0.4 is 20.3 Å². The second-order valence-electron chi connectivity index (χ2n) is 11.0. The Kier molecular flexibility index (Phi) is 10.6. The lowest BCUT2D eigenvalue weighted by Gasteiger charge is -2.29. The van der Waals surface area contributed by atoms with Gasteiger partial charge in [-0.2, -0.15) is 0 Å². The molecule has 4 heterocycles. The molecule has 11 heteroatoms. The fraction of sp³-hybridized carbons (Fsp3) is 0.548. The van der Waals surface area contributed by atoms with Crippen LogP contribution in [0, 0.1) is 0 Å². The van der Waals surface area contributed by atoms with Crippen molar-refractivity contribution < 1.29 is 28.6 Å². The molecule has 0 spiro atoms. The third-order valence-electron chi connectivity index (χ3n) is 7.86. The Morgan fingerprint density at radius 2 is 1.50 bits per heavy atom. The fourth-order valence-corrected chi connectivity index (χ4v) is 5.56. The van der Waals surface area contributed by atoms with Crippen LogP contribution in [-0.2, 0) is 19.1 Å². The summed E-state index contributed by atoms with van der Waals surface area (Å²) in [6, 6.07) is 9.46. The Morgan fingerprint density at radius 1 is 0.833 bits per heavy atom. The number of para-hydroxylation sites is 2. The summed E-state index contributed by atoms with van der Waals surface area (Å²) in [4.78, 5) is 47.8. The van der Waals surface area contributed by atoms with Crippen LogP contribution in [0.1, 0.15) is 55.3 Å². The van der Waals surface area contributed by atoms with Crippen molar-refractivity contribution in [2.45, 2.75) is 57.0 Å². The lowest BCUT2D eigenvalue weighted by molar-refractivity contribution is -0.123. The largest absolute Gasteiger partial charge is 0.491 e. The van der Waals surface area contributed by atoms with Crippen LogP contribution in [0.25, 0.3) is 0 Å². The average molecular weight is 580 g/mol. The van der Waals surface area contributed by atoms with Gasteiger partial charge in [0.25, 0.3) is 5.91 Å². The Bertz CT molecular complexity index is 1210. The minimum atomic E-state index is -0.264. The summed E-state index contributed by atoms with van der Waals surface area (Å²) in [5.41, 5.74) is 1.66. The molecule has 11 nitrogen and oxygen atoms in total. The number of amides is 3. The zero-order valence-electron chi connectivity index (χ0n) is 24.1. The van der Waals surface area contributed by atoms with Crippen LogP contribution in [0.4, 0.5) is 11.4 Å². The molecule has 2 N–H and O–H groups in total. The molecule has 2 aromatic rings. The van der Waals surface area contributed by atoms with Gasteiger partial charge in [0.05, 0.1) is 36.3 Å². The van der Waals surface area contributed by atoms with E-state index in [0.29, 0.717) is 56.6 Å². The predicted molar refractivity (Wildman–Crippen MR) is 157 cm³/mol. The van der Waals surface area contributed by atoms with Gasteiger partial charge in [-0.25, -0.2) is 0 Å². The lowest BCUT2D eigenvalue weighted by Crippen LogP contribution is -2.46. The highest BCUT2D eigenvalue weighted by Crippen LogP contribution is 2.34. The van der Waals surface area contributed by atoms with Gasteiger partial charge in [-0.3, -0.25) is 19.4 Å². The second kappa shape index (κ2) is 15.0. The van der Waals surface area contributed by atoms with E-state index < -0.39 is 0 Å². The van der Waals surface area contributed by atoms with Crippen molar-refractivity contribution in [2.24, 2.45) is 0 Å². The molecule has 0 atom stereocenters. The third kappa shape index (κ3) is 8.19. The Balaban J connectivity index is 1.40. The molecule has 2 fully saturated rings. The SMILES string of the molecule is O=C(CN1CCCCCOc2ccccc2N(CC(=O)NC2CCOCC2)c2cncc(c2)C1=O)NC1CCOCC1. The molecule has 3 aliphatic rings. The van der Waals surface area contributed by atoms with Gasteiger partial charge in [0.1, 0.15) is 12.3 Å². The number of nitrogens with zero attached hydrogens (tertiary/aromatic N) is 3. The van der Waals surface area contributed by atoms with Crippen LogP contribution in [-0.4, -0.2) is 92.4 Å². The van der Waals surface area contributed by atoms with Gasteiger partial charge in [-0.1, -0.05) is 12.1 Å². The molecule has 3 aliphatic heterocycles. The molecule has 0 aliphatic carbocycles. The summed E-state index contributed by atoms with van der Waals surface area (Å²) < 4.78 is 17.0. The van der Waals surface area contributed by atoms with Gasteiger partial charge in [-0.15, -0.1) is 0 Å². The van der Waals surface area contributed by atoms with E-state index in [4.69, 9.17) is 14.2 Å². The smallest absolute Gasteiger partial charge is 0.255 e. The number of hydrogen-bond acceptors (Lipinski definition) is 8. The first-order valence-electron chi connectivity index (χ1n) is 15.0. The van der Waals surface area contributed by atoms with Crippen molar-refractivity contribution >= 4 is 29.1 Å². The number of anilines is 2. The van der Waals surface area contributed by atoms with E-state index in [1.807, 2.05) is 29.2 Å². The van der Waals surface area contributed by atoms with E-state index in [2.05, 4.69) is 15.6 Å². The first-order chi connectivity index (χ1) is 20.6. The number of pyridine rings is 1. The minimum absolute atomic E-state index is 0.0221. The highest BCUT2D eigenvalue weighted by Gasteiger charge is 2.25. The summed E-state index contributed by atoms with van der Waals surface area (Å²) in [6.45, 7) is 3.44. The zero-order valence-corrected chi connectivity index (χ0v) is 24.1. The van der Waals surface area contributed by atoms with Gasteiger partial charge in [0.2, 0.25) is 11.8 Å². The fourth-order valence-electron chi connectivity index (χ4n) is 5.56. The summed E-state index contributed by atoms with van der Waals surface area (Å²) in [6.07, 6.45) is 8.62. The molecular formula is C31H41N5O6. The maximum Gasteiger partial charge on any atom is 0.255 e. The molecule has 1 aromatic carbocycles. The van der Waals surface area contributed by atoms with Gasteiger partial charge in [-0.05, 0) is 63.1 Å². The molecule has 226 valence electrons. The Labute approximate surface area is 246 Å². The number of hydrogen-bond donors (Lipinski definition) is 2. The molecule has 2 bridgehead atoms. The summed E-state index contributed by atoms with van der Waals surface area (Å²) in [5, 5.41) is 6.19. The molecule has 42 heavy (non-hydrogen) atoms. The molecule has 0 saturated carbocycles. The van der Waals surface area contributed by atoms with Crippen LogP contribution in [0.3, 0.4) is 0 Å². The lowest BCUT2D eigenvalue weighted by atomic mass is 10.1. The van der Waals surface area contributed by atoms with Crippen molar-refractivity contribution in [3.8, 4) is 5.75 Å². The van der Waals surface area contributed by atoms with E-state index in [-0.39, 0.29) is 42.9 Å². The third-order valence-corrected chi connectivity index (χ3v) is 7.86. The van der Waals surface area contributed by atoms with E-state index in [9.17, 15) is 14.4 Å². The quantitative estimate of drug-likeness (QED) is 0.536. The Morgan fingerprint density at radius 3 is 2.21 bits per heavy atom. The first-order valence-corrected chi connectivity index (χ1v) is 15.0. The van der Waals surface area contributed by atoms with E-state index >= 15 is 0 Å². The van der Waals surface area contributed by atoms with E-state index in [0.717, 1.165) is 50.6 Å². The van der Waals surface area contributed by atoms with Crippen molar-refractivity contribution in [1.82, 2.24) is 20.5 Å². The highest BCUT2D eigenvalue weighted by molar-refractivity contribution is 5.97. The van der Waals surface area contributed by atoms with E-state index in [1.165, 1.54) is 6.20 Å². The highest BCUT2D eigenvalue weighted by atomic mass is 16.5. The second-order valence-corrected chi connectivity index (χ2v) is 11.0. The number of aromatic nitrogens is 1. The molecule has 1 aromatic heterocycles. The van der Waals surface area contributed by atoms with Crippen LogP contribution >= 0.6 is 0 Å². The van der Waals surface area contributed by atoms with Crippen molar-refractivity contribution in [3.05, 3.63) is 48.3 Å². The summed E-state index contributed by atoms with van der Waals surface area (Å²) >= 11 is 0. The maximum atomic E-state index is 13.8. The predicted octanol–water partition coefficient (Wildman–Crippen LogP) is 2.82. The number of fused-ring (bicyclic) bond motifs is 3. The average Bonchev–Trinajstić information content (AvgIpc) is 3.01. The number of rotatable bonds is 6. The number of carbonyl (C=O) groups is 3. The molecule has 0 unspecified atom stereocenters. The normalized spacial score (nSPS) is 19.3. The van der Waals surface area contributed by atoms with Crippen molar-refractivity contribution in [3.63, 3.8) is 0 Å². The van der Waals surface area contributed by atoms with Crippen molar-refractivity contribution in [2.75, 3.05) is 57.6 Å². The number of carbonyl (C=O) groups excluding carboxylic acids is 3. The number of benzene rings is 1. The minimum Gasteiger partial charge on any atom is -0.491 e. The van der Waals surface area contributed by atoms with Gasteiger partial charge in [0, 0.05) is 51.3 Å². The molecule has 2 saturated heterocycles. The molecular weight excluding hydrogens is 538 g/mol. The Hall–Kier alpha value is -3.70. The zero-order chi connectivity index (χ0) is 29.1. The number of nitrogens with one attached hydrogen (secondary N) is 2. The standard InChI is InChI=1S/C31H41N5O6/c37-29(33-24-8-14-40-15-9-24)21-35-12-4-1-5-13-42-28-7-3-2-6-27(28)36(26-18-23(31(35)39)19-32-20-26)22-30(38)34-25-10-16-41-17-11-25/h2-3,6-7,18-20,24-25H,1,4-5,8-17,21-22H2,(H,33,37)(H,34,38). The van der Waals surface area contributed by atoms with Gasteiger partial charge >= 0.3 is 0 Å². The first kappa shape index (κ1) is 29.8. The van der Waals surface area contributed by atoms with Crippen LogP contribution in [0.2, 0.25) is 0 Å². The van der Waals surface area contributed by atoms with Crippen molar-refractivity contribution in [1.29, 1.82) is 0 Å².